The highest BCUT2D eigenvalue weighted by Gasteiger charge is 2.42. The minimum Gasteiger partial charge on any atom is -0.462 e. The topological polar surface area (TPSA) is 104 Å². The first-order chi connectivity index (χ1) is 20.3. The van der Waals surface area contributed by atoms with Gasteiger partial charge >= 0.3 is 5.97 Å². The fraction of sp³-hybridized carbons (Fsp3) is 0.818. The van der Waals surface area contributed by atoms with Gasteiger partial charge in [-0.2, -0.15) is 0 Å². The third-order valence-corrected chi connectivity index (χ3v) is 9.91. The van der Waals surface area contributed by atoms with Crippen molar-refractivity contribution in [2.45, 2.75) is 116 Å². The summed E-state index contributed by atoms with van der Waals surface area (Å²) in [6.07, 6.45) is 5.67. The van der Waals surface area contributed by atoms with Gasteiger partial charge in [0.05, 0.1) is 12.2 Å². The molecule has 0 bridgehead atoms. The van der Waals surface area contributed by atoms with Gasteiger partial charge in [0.15, 0.2) is 18.4 Å². The number of esters is 1. The second-order valence-corrected chi connectivity index (χ2v) is 13.5. The SMILES string of the molecule is CC[C@H]1OC(=O)CC[C@H](C)[C@@H](OC2OC(C)CC(N(C)C)C2O)[C@@H](CC(OC)OC)C[C@@H](C)C(=O)C=CC(C)=C[C@@H]1CI. The molecule has 0 aromatic carbocycles. The number of rotatable bonds is 9. The smallest absolute Gasteiger partial charge is 0.306 e. The van der Waals surface area contributed by atoms with Crippen LogP contribution < -0.4 is 0 Å². The van der Waals surface area contributed by atoms with Crippen molar-refractivity contribution >= 4 is 34.3 Å². The van der Waals surface area contributed by atoms with E-state index in [0.717, 1.165) is 10.0 Å². The Labute approximate surface area is 273 Å². The van der Waals surface area contributed by atoms with Crippen LogP contribution in [0.15, 0.2) is 23.8 Å². The average Bonchev–Trinajstić information content (AvgIpc) is 2.97. The number of nitrogens with zero attached hydrogens (tertiary/aromatic N) is 1. The van der Waals surface area contributed by atoms with Crippen molar-refractivity contribution in [2.75, 3.05) is 32.7 Å². The lowest BCUT2D eigenvalue weighted by atomic mass is 9.80. The Morgan fingerprint density at radius 3 is 2.37 bits per heavy atom. The van der Waals surface area contributed by atoms with Crippen LogP contribution in [0.4, 0.5) is 0 Å². The molecule has 1 fully saturated rings. The molecule has 0 aromatic heterocycles. The van der Waals surface area contributed by atoms with Crippen LogP contribution in [-0.4, -0.2) is 97.5 Å². The number of alkyl halides is 1. The monoisotopic (exact) mass is 721 g/mol. The number of carbonyl (C=O) groups excluding carboxylic acids is 2. The molecule has 248 valence electrons. The van der Waals surface area contributed by atoms with E-state index in [-0.39, 0.29) is 60.1 Å². The summed E-state index contributed by atoms with van der Waals surface area (Å²) in [5, 5.41) is 11.3. The van der Waals surface area contributed by atoms with Gasteiger partial charge in [-0.15, -0.1) is 0 Å². The summed E-state index contributed by atoms with van der Waals surface area (Å²) in [5.74, 6) is -0.759. The van der Waals surface area contributed by atoms with Crippen molar-refractivity contribution in [3.8, 4) is 0 Å². The number of allylic oxidation sites excluding steroid dienone is 3. The number of aliphatic hydroxyl groups excluding tert-OH is 1. The molecule has 1 saturated heterocycles. The highest BCUT2D eigenvalue weighted by atomic mass is 127. The molecule has 1 N–H and O–H groups in total. The lowest BCUT2D eigenvalue weighted by Crippen LogP contribution is -2.56. The number of hydrogen-bond acceptors (Lipinski definition) is 9. The Morgan fingerprint density at radius 1 is 1.12 bits per heavy atom. The van der Waals surface area contributed by atoms with Crippen LogP contribution in [0.25, 0.3) is 0 Å². The lowest BCUT2D eigenvalue weighted by Gasteiger charge is -2.44. The molecule has 0 spiro atoms. The predicted molar refractivity (Wildman–Crippen MR) is 176 cm³/mol. The summed E-state index contributed by atoms with van der Waals surface area (Å²) in [4.78, 5) is 28.5. The molecule has 4 unspecified atom stereocenters. The Hall–Kier alpha value is -0.890. The summed E-state index contributed by atoms with van der Waals surface area (Å²) in [6.45, 7) is 9.97. The van der Waals surface area contributed by atoms with E-state index in [0.29, 0.717) is 32.1 Å². The molecule has 2 heterocycles. The third kappa shape index (κ3) is 11.8. The summed E-state index contributed by atoms with van der Waals surface area (Å²) < 4.78 is 30.9. The summed E-state index contributed by atoms with van der Waals surface area (Å²) in [6, 6.07) is -0.131. The number of ketones is 1. The number of halogens is 1. The fourth-order valence-electron chi connectivity index (χ4n) is 6.22. The van der Waals surface area contributed by atoms with Crippen molar-refractivity contribution in [1.82, 2.24) is 4.90 Å². The molecule has 0 radical (unpaired) electrons. The molecular formula is C33H56INO8. The van der Waals surface area contributed by atoms with Crippen molar-refractivity contribution in [3.05, 3.63) is 23.8 Å². The number of cyclic esters (lactones) is 1. The molecule has 0 amide bonds. The summed E-state index contributed by atoms with van der Waals surface area (Å²) >= 11 is 2.32. The van der Waals surface area contributed by atoms with E-state index >= 15 is 0 Å². The van der Waals surface area contributed by atoms with Gasteiger partial charge in [-0.3, -0.25) is 9.59 Å². The highest BCUT2D eigenvalue weighted by molar-refractivity contribution is 14.1. The van der Waals surface area contributed by atoms with Gasteiger partial charge < -0.3 is 33.7 Å². The number of carbonyl (C=O) groups is 2. The van der Waals surface area contributed by atoms with Crippen LogP contribution in [0.1, 0.15) is 73.1 Å². The lowest BCUT2D eigenvalue weighted by molar-refractivity contribution is -0.282. The van der Waals surface area contributed by atoms with Crippen molar-refractivity contribution < 1.29 is 38.4 Å². The van der Waals surface area contributed by atoms with Crippen LogP contribution in [0, 0.1) is 23.7 Å². The van der Waals surface area contributed by atoms with Gasteiger partial charge in [-0.1, -0.05) is 61.1 Å². The molecule has 9 nitrogen and oxygen atoms in total. The molecule has 0 saturated carbocycles. The van der Waals surface area contributed by atoms with Gasteiger partial charge in [-0.05, 0) is 71.5 Å². The van der Waals surface area contributed by atoms with Crippen molar-refractivity contribution in [3.63, 3.8) is 0 Å². The maximum Gasteiger partial charge on any atom is 0.306 e. The number of hydrogen-bond donors (Lipinski definition) is 1. The van der Waals surface area contributed by atoms with E-state index in [9.17, 15) is 14.7 Å². The van der Waals surface area contributed by atoms with Crippen LogP contribution in [0.5, 0.6) is 0 Å². The number of ether oxygens (including phenoxy) is 5. The molecule has 0 aliphatic carbocycles. The van der Waals surface area contributed by atoms with Crippen LogP contribution >= 0.6 is 22.6 Å². The molecule has 43 heavy (non-hydrogen) atoms. The maximum absolute atomic E-state index is 13.4. The Bertz CT molecular complexity index is 923. The zero-order valence-electron chi connectivity index (χ0n) is 27.7. The van der Waals surface area contributed by atoms with E-state index in [1.807, 2.05) is 59.7 Å². The van der Waals surface area contributed by atoms with Crippen molar-refractivity contribution in [1.29, 1.82) is 0 Å². The van der Waals surface area contributed by atoms with E-state index < -0.39 is 24.8 Å². The standard InChI is InChI=1S/C33H56INO8/c1-10-28-25(19-34)15-20(2)11-13-27(36)22(4)16-24(18-30(39-8)40-9)32(21(3)12-14-29(37)42-28)43-33-31(38)26(35(6)7)17-23(5)41-33/h11,13,15,21-26,28,30-33,38H,10,12,14,16-19H2,1-9H3/t21-,22+,23?,24+,25+,26?,28+,31?,32+,33?/m0/s1. The van der Waals surface area contributed by atoms with Gasteiger partial charge in [-0.25, -0.2) is 0 Å². The fourth-order valence-corrected chi connectivity index (χ4v) is 7.04. The molecule has 2 aliphatic heterocycles. The van der Waals surface area contributed by atoms with Gasteiger partial charge in [0.2, 0.25) is 0 Å². The Morgan fingerprint density at radius 2 is 1.79 bits per heavy atom. The third-order valence-electron chi connectivity index (χ3n) is 8.89. The quantitative estimate of drug-likeness (QED) is 0.147. The van der Waals surface area contributed by atoms with Crippen LogP contribution in [0.2, 0.25) is 0 Å². The van der Waals surface area contributed by atoms with Crippen LogP contribution in [-0.2, 0) is 33.3 Å². The number of likely N-dealkylation sites (N-methyl/N-ethyl adjacent to an activating group) is 1. The molecule has 2 rings (SSSR count). The van der Waals surface area contributed by atoms with E-state index in [2.05, 4.69) is 28.7 Å². The van der Waals surface area contributed by atoms with E-state index in [1.165, 1.54) is 0 Å². The zero-order valence-corrected chi connectivity index (χ0v) is 29.8. The predicted octanol–water partition coefficient (Wildman–Crippen LogP) is 5.32. The largest absolute Gasteiger partial charge is 0.462 e. The minimum absolute atomic E-state index is 0.0300. The van der Waals surface area contributed by atoms with Crippen molar-refractivity contribution in [2.24, 2.45) is 23.7 Å². The van der Waals surface area contributed by atoms with Gasteiger partial charge in [0.1, 0.15) is 12.2 Å². The summed E-state index contributed by atoms with van der Waals surface area (Å²) in [5.41, 5.74) is 0.960. The van der Waals surface area contributed by atoms with Crippen LogP contribution in [0.3, 0.4) is 0 Å². The molecule has 10 atom stereocenters. The first-order valence-electron chi connectivity index (χ1n) is 15.7. The summed E-state index contributed by atoms with van der Waals surface area (Å²) in [7, 11) is 7.07. The minimum atomic E-state index is -0.864. The first kappa shape index (κ1) is 38.3. The molecule has 2 aliphatic rings. The zero-order chi connectivity index (χ0) is 32.3. The van der Waals surface area contributed by atoms with E-state index in [4.69, 9.17) is 23.7 Å². The number of methoxy groups -OCH3 is 2. The Kier molecular flexibility index (Phi) is 16.9. The average molecular weight is 722 g/mol. The number of aliphatic hydroxyl groups is 1. The normalized spacial score (nSPS) is 35.7. The second-order valence-electron chi connectivity index (χ2n) is 12.6. The first-order valence-corrected chi connectivity index (χ1v) is 17.2. The molecule has 10 heteroatoms. The van der Waals surface area contributed by atoms with E-state index in [1.54, 1.807) is 20.3 Å². The highest BCUT2D eigenvalue weighted by Crippen LogP contribution is 2.35. The van der Waals surface area contributed by atoms with Gasteiger partial charge in [0.25, 0.3) is 0 Å². The Balaban J connectivity index is 2.52. The second kappa shape index (κ2) is 18.9. The maximum atomic E-state index is 13.4. The molecule has 0 aromatic rings. The van der Waals surface area contributed by atoms with Gasteiger partial charge in [0, 0.05) is 49.4 Å². The molecular weight excluding hydrogens is 665 g/mol.